The summed E-state index contributed by atoms with van der Waals surface area (Å²) in [5.41, 5.74) is 3.43. The molecule has 4 rings (SSSR count). The second-order valence-corrected chi connectivity index (χ2v) is 10.2. The third kappa shape index (κ3) is 4.29. The number of anilines is 1. The van der Waals surface area contributed by atoms with Gasteiger partial charge in [-0.1, -0.05) is 54.0 Å². The molecule has 2 aliphatic rings. The number of benzene rings is 2. The Hall–Kier alpha value is -2.73. The van der Waals surface area contributed by atoms with Gasteiger partial charge in [0.2, 0.25) is 0 Å². The highest BCUT2D eigenvalue weighted by molar-refractivity contribution is 9.10. The molecule has 1 fully saturated rings. The minimum absolute atomic E-state index is 0.133. The number of nitrogens with zero attached hydrogens (tertiary/aromatic N) is 1. The summed E-state index contributed by atoms with van der Waals surface area (Å²) in [7, 11) is 1.57. The quantitative estimate of drug-likeness (QED) is 0.573. The first-order valence-electron chi connectivity index (χ1n) is 10.7. The van der Waals surface area contributed by atoms with Crippen molar-refractivity contribution in [2.45, 2.75) is 39.5 Å². The molecule has 0 saturated heterocycles. The lowest BCUT2D eigenvalue weighted by atomic mass is 9.63. The van der Waals surface area contributed by atoms with Crippen LogP contribution in [-0.4, -0.2) is 24.5 Å². The van der Waals surface area contributed by atoms with Gasteiger partial charge in [0.05, 0.1) is 18.7 Å². The van der Waals surface area contributed by atoms with Crippen LogP contribution in [0.2, 0.25) is 0 Å². The van der Waals surface area contributed by atoms with Crippen molar-refractivity contribution in [2.24, 2.45) is 16.3 Å². The molecular formula is C26H27BrN2O3. The standard InChI is InChI=1S/C26H27BrN2O3/c1-15-22(25(31)29-18-10-5-6-11-21(18)32-4)23(16-8-7-9-17(27)12-16)24-19(28-15)13-26(2,3)14-20(24)30/h5-12,23-24H,13-14H2,1-4H3,(H,29,31)/t23-,24-/m1/s1. The minimum atomic E-state index is -0.431. The minimum Gasteiger partial charge on any atom is -0.495 e. The van der Waals surface area contributed by atoms with Crippen molar-refractivity contribution in [1.29, 1.82) is 0 Å². The molecule has 1 heterocycles. The number of nitrogens with one attached hydrogen (secondary N) is 1. The molecule has 0 bridgehead atoms. The van der Waals surface area contributed by atoms with Crippen LogP contribution in [0.1, 0.15) is 45.1 Å². The van der Waals surface area contributed by atoms with Gasteiger partial charge in [0, 0.05) is 33.8 Å². The van der Waals surface area contributed by atoms with Crippen molar-refractivity contribution < 1.29 is 14.3 Å². The lowest BCUT2D eigenvalue weighted by molar-refractivity contribution is -0.124. The molecule has 32 heavy (non-hydrogen) atoms. The van der Waals surface area contributed by atoms with Crippen LogP contribution in [0.15, 0.2) is 69.3 Å². The molecule has 0 aromatic heterocycles. The van der Waals surface area contributed by atoms with E-state index in [9.17, 15) is 9.59 Å². The summed E-state index contributed by atoms with van der Waals surface area (Å²) in [4.78, 5) is 31.8. The summed E-state index contributed by atoms with van der Waals surface area (Å²) in [5.74, 6) is -0.371. The number of hydrogen-bond donors (Lipinski definition) is 1. The van der Waals surface area contributed by atoms with E-state index in [0.29, 0.717) is 29.1 Å². The Morgan fingerprint density at radius 2 is 1.88 bits per heavy atom. The Bertz CT molecular complexity index is 1150. The number of ether oxygens (including phenoxy) is 1. The molecule has 5 nitrogen and oxygen atoms in total. The molecule has 1 aliphatic carbocycles. The fourth-order valence-electron chi connectivity index (χ4n) is 4.89. The van der Waals surface area contributed by atoms with Crippen LogP contribution in [0, 0.1) is 11.3 Å². The summed E-state index contributed by atoms with van der Waals surface area (Å²) in [6.45, 7) is 6.05. The molecule has 1 aliphatic heterocycles. The molecule has 6 heteroatoms. The number of para-hydroxylation sites is 2. The van der Waals surface area contributed by atoms with Crippen LogP contribution in [0.4, 0.5) is 5.69 Å². The SMILES string of the molecule is COc1ccccc1NC(=O)C1=C(C)N=C2CC(C)(C)CC(=O)[C@@H]2[C@@H]1c1cccc(Br)c1. The fraction of sp³-hybridized carbons (Fsp3) is 0.346. The van der Waals surface area contributed by atoms with Gasteiger partial charge in [-0.3, -0.25) is 14.6 Å². The number of Topliss-reactive ketones (excluding diaryl/α,β-unsaturated/α-hetero) is 1. The van der Waals surface area contributed by atoms with Gasteiger partial charge in [-0.15, -0.1) is 0 Å². The van der Waals surface area contributed by atoms with E-state index in [0.717, 1.165) is 22.2 Å². The van der Waals surface area contributed by atoms with Crippen LogP contribution in [0.5, 0.6) is 5.75 Å². The van der Waals surface area contributed by atoms with Crippen molar-refractivity contribution in [2.75, 3.05) is 12.4 Å². The highest BCUT2D eigenvalue weighted by Gasteiger charge is 2.47. The van der Waals surface area contributed by atoms with Gasteiger partial charge >= 0.3 is 0 Å². The first-order valence-corrected chi connectivity index (χ1v) is 11.5. The second-order valence-electron chi connectivity index (χ2n) is 9.25. The summed E-state index contributed by atoms with van der Waals surface area (Å²) in [5, 5.41) is 2.99. The zero-order chi connectivity index (χ0) is 23.0. The number of carbonyl (C=O) groups is 2. The van der Waals surface area contributed by atoms with Crippen LogP contribution in [0.3, 0.4) is 0 Å². The topological polar surface area (TPSA) is 67.8 Å². The molecule has 1 saturated carbocycles. The number of fused-ring (bicyclic) bond motifs is 1. The number of rotatable bonds is 4. The molecule has 2 aromatic rings. The maximum atomic E-state index is 13.6. The zero-order valence-electron chi connectivity index (χ0n) is 18.7. The van der Waals surface area contributed by atoms with Crippen molar-refractivity contribution >= 4 is 39.0 Å². The van der Waals surface area contributed by atoms with E-state index in [-0.39, 0.29) is 17.1 Å². The molecule has 2 atom stereocenters. The van der Waals surface area contributed by atoms with Gasteiger partial charge in [-0.2, -0.15) is 0 Å². The van der Waals surface area contributed by atoms with E-state index in [1.807, 2.05) is 43.3 Å². The molecule has 1 N–H and O–H groups in total. The summed E-state index contributed by atoms with van der Waals surface area (Å²) < 4.78 is 6.30. The van der Waals surface area contributed by atoms with Gasteiger partial charge in [0.25, 0.3) is 5.91 Å². The van der Waals surface area contributed by atoms with Crippen molar-refractivity contribution in [3.8, 4) is 5.75 Å². The number of aliphatic imine (C=N–C) groups is 1. The van der Waals surface area contributed by atoms with E-state index in [1.54, 1.807) is 19.2 Å². The summed E-state index contributed by atoms with van der Waals surface area (Å²) in [6, 6.07) is 15.1. The smallest absolute Gasteiger partial charge is 0.254 e. The average Bonchev–Trinajstić information content (AvgIpc) is 2.72. The lowest BCUT2D eigenvalue weighted by Gasteiger charge is -2.41. The van der Waals surface area contributed by atoms with E-state index in [1.165, 1.54) is 0 Å². The predicted molar refractivity (Wildman–Crippen MR) is 130 cm³/mol. The number of amides is 1. The normalized spacial score (nSPS) is 22.2. The van der Waals surface area contributed by atoms with E-state index < -0.39 is 11.8 Å². The van der Waals surface area contributed by atoms with Crippen molar-refractivity contribution in [1.82, 2.24) is 0 Å². The Morgan fingerprint density at radius 1 is 1.12 bits per heavy atom. The summed E-state index contributed by atoms with van der Waals surface area (Å²) in [6.07, 6.45) is 1.22. The third-order valence-electron chi connectivity index (χ3n) is 6.17. The van der Waals surface area contributed by atoms with E-state index in [2.05, 4.69) is 35.1 Å². The first-order chi connectivity index (χ1) is 15.2. The van der Waals surface area contributed by atoms with Crippen LogP contribution < -0.4 is 10.1 Å². The third-order valence-corrected chi connectivity index (χ3v) is 6.66. The maximum absolute atomic E-state index is 13.6. The number of allylic oxidation sites excluding steroid dienone is 1. The second kappa shape index (κ2) is 8.66. The number of halogens is 1. The number of carbonyl (C=O) groups excluding carboxylic acids is 2. The number of hydrogen-bond acceptors (Lipinski definition) is 4. The molecular weight excluding hydrogens is 468 g/mol. The highest BCUT2D eigenvalue weighted by atomic mass is 79.9. The molecule has 166 valence electrons. The fourth-order valence-corrected chi connectivity index (χ4v) is 5.30. The molecule has 0 radical (unpaired) electrons. The number of ketones is 1. The Morgan fingerprint density at radius 3 is 2.59 bits per heavy atom. The Balaban J connectivity index is 1.82. The monoisotopic (exact) mass is 494 g/mol. The van der Waals surface area contributed by atoms with Gasteiger partial charge < -0.3 is 10.1 Å². The first kappa shape index (κ1) is 22.5. The van der Waals surface area contributed by atoms with Gasteiger partial charge in [-0.25, -0.2) is 0 Å². The van der Waals surface area contributed by atoms with Crippen LogP contribution in [-0.2, 0) is 9.59 Å². The Labute approximate surface area is 197 Å². The molecule has 2 aromatic carbocycles. The van der Waals surface area contributed by atoms with E-state index >= 15 is 0 Å². The predicted octanol–water partition coefficient (Wildman–Crippen LogP) is 5.91. The average molecular weight is 495 g/mol. The molecule has 0 unspecified atom stereocenters. The van der Waals surface area contributed by atoms with Crippen molar-refractivity contribution in [3.63, 3.8) is 0 Å². The molecule has 1 amide bonds. The van der Waals surface area contributed by atoms with Crippen LogP contribution >= 0.6 is 15.9 Å². The number of methoxy groups -OCH3 is 1. The summed E-state index contributed by atoms with van der Waals surface area (Å²) >= 11 is 3.55. The van der Waals surface area contributed by atoms with Crippen molar-refractivity contribution in [3.05, 3.63) is 69.8 Å². The highest BCUT2D eigenvalue weighted by Crippen LogP contribution is 2.47. The lowest BCUT2D eigenvalue weighted by Crippen LogP contribution is -2.44. The zero-order valence-corrected chi connectivity index (χ0v) is 20.3. The Kier molecular flexibility index (Phi) is 6.08. The van der Waals surface area contributed by atoms with Gasteiger partial charge in [-0.05, 0) is 48.6 Å². The van der Waals surface area contributed by atoms with Gasteiger partial charge in [0.15, 0.2) is 0 Å². The largest absolute Gasteiger partial charge is 0.495 e. The van der Waals surface area contributed by atoms with Gasteiger partial charge in [0.1, 0.15) is 11.5 Å². The molecule has 0 spiro atoms. The van der Waals surface area contributed by atoms with E-state index in [4.69, 9.17) is 9.73 Å². The maximum Gasteiger partial charge on any atom is 0.254 e. The van der Waals surface area contributed by atoms with Crippen LogP contribution in [0.25, 0.3) is 0 Å².